The van der Waals surface area contributed by atoms with Crippen LogP contribution in [0, 0.1) is 5.82 Å². The van der Waals surface area contributed by atoms with Gasteiger partial charge in [-0.3, -0.25) is 0 Å². The zero-order chi connectivity index (χ0) is 15.4. The molecule has 22 heavy (non-hydrogen) atoms. The molecule has 1 unspecified atom stereocenters. The summed E-state index contributed by atoms with van der Waals surface area (Å²) in [5.74, 6) is 1.15. The molecule has 0 spiro atoms. The van der Waals surface area contributed by atoms with Crippen molar-refractivity contribution in [2.45, 2.75) is 12.6 Å². The van der Waals surface area contributed by atoms with Gasteiger partial charge in [0, 0.05) is 18.7 Å². The smallest absolute Gasteiger partial charge is 0.165 e. The van der Waals surface area contributed by atoms with Crippen molar-refractivity contribution < 1.29 is 19.0 Å². The highest BCUT2D eigenvalue weighted by Gasteiger charge is 2.15. The normalized spacial score (nSPS) is 14.6. The van der Waals surface area contributed by atoms with Crippen LogP contribution in [0.3, 0.4) is 0 Å². The van der Waals surface area contributed by atoms with Crippen LogP contribution in [-0.2, 0) is 6.54 Å². The number of hydrogen-bond acceptors (Lipinski definition) is 4. The van der Waals surface area contributed by atoms with Gasteiger partial charge >= 0.3 is 0 Å². The van der Waals surface area contributed by atoms with Crippen molar-refractivity contribution in [3.63, 3.8) is 0 Å². The molecule has 1 heterocycles. The Hall–Kier alpha value is -2.11. The average molecular weight is 303 g/mol. The second kappa shape index (κ2) is 6.77. The Balaban J connectivity index is 1.59. The Morgan fingerprint density at radius 1 is 1.14 bits per heavy atom. The monoisotopic (exact) mass is 303 g/mol. The molecule has 116 valence electrons. The molecular formula is C17H18FNO3. The van der Waals surface area contributed by atoms with Gasteiger partial charge in [0.2, 0.25) is 0 Å². The number of aliphatic hydroxyl groups is 1. The molecule has 2 aromatic rings. The van der Waals surface area contributed by atoms with Crippen molar-refractivity contribution >= 4 is 0 Å². The van der Waals surface area contributed by atoms with Crippen LogP contribution >= 0.6 is 0 Å². The summed E-state index contributed by atoms with van der Waals surface area (Å²) in [7, 11) is 0. The number of ether oxygens (including phenoxy) is 2. The molecule has 1 atom stereocenters. The SMILES string of the molecule is OC(CNCc1cccc2c1OCCO2)c1cccc(F)c1. The highest BCUT2D eigenvalue weighted by atomic mass is 19.1. The van der Waals surface area contributed by atoms with E-state index in [-0.39, 0.29) is 5.82 Å². The number of para-hydroxylation sites is 1. The van der Waals surface area contributed by atoms with E-state index in [0.29, 0.717) is 31.9 Å². The van der Waals surface area contributed by atoms with Gasteiger partial charge in [0.15, 0.2) is 11.5 Å². The number of halogens is 1. The molecule has 2 N–H and O–H groups in total. The van der Waals surface area contributed by atoms with Gasteiger partial charge in [-0.2, -0.15) is 0 Å². The van der Waals surface area contributed by atoms with Crippen LogP contribution in [-0.4, -0.2) is 24.9 Å². The number of rotatable bonds is 5. The topological polar surface area (TPSA) is 50.7 Å². The van der Waals surface area contributed by atoms with Gasteiger partial charge < -0.3 is 19.9 Å². The molecule has 0 amide bonds. The van der Waals surface area contributed by atoms with Crippen molar-refractivity contribution in [2.75, 3.05) is 19.8 Å². The molecular weight excluding hydrogens is 285 g/mol. The first-order valence-electron chi connectivity index (χ1n) is 7.26. The number of fused-ring (bicyclic) bond motifs is 1. The largest absolute Gasteiger partial charge is 0.486 e. The van der Waals surface area contributed by atoms with Crippen LogP contribution in [0.4, 0.5) is 4.39 Å². The second-order valence-corrected chi connectivity index (χ2v) is 5.14. The van der Waals surface area contributed by atoms with Gasteiger partial charge in [0.05, 0.1) is 6.10 Å². The Morgan fingerprint density at radius 3 is 2.82 bits per heavy atom. The lowest BCUT2D eigenvalue weighted by Gasteiger charge is -2.21. The van der Waals surface area contributed by atoms with Crippen LogP contribution in [0.5, 0.6) is 11.5 Å². The third-order valence-corrected chi connectivity index (χ3v) is 3.53. The minimum atomic E-state index is -0.757. The summed E-state index contributed by atoms with van der Waals surface area (Å²) in [6.07, 6.45) is -0.757. The zero-order valence-electron chi connectivity index (χ0n) is 12.1. The van der Waals surface area contributed by atoms with E-state index in [1.54, 1.807) is 12.1 Å². The van der Waals surface area contributed by atoms with Crippen LogP contribution < -0.4 is 14.8 Å². The van der Waals surface area contributed by atoms with Gasteiger partial charge in [-0.25, -0.2) is 4.39 Å². The third kappa shape index (κ3) is 3.37. The fourth-order valence-corrected chi connectivity index (χ4v) is 2.45. The molecule has 4 nitrogen and oxygen atoms in total. The first-order chi connectivity index (χ1) is 10.7. The number of aliphatic hydroxyl groups excluding tert-OH is 1. The first kappa shape index (κ1) is 14.8. The predicted molar refractivity (Wildman–Crippen MR) is 80.5 cm³/mol. The Bertz CT molecular complexity index is 648. The van der Waals surface area contributed by atoms with Gasteiger partial charge in [0.1, 0.15) is 19.0 Å². The minimum absolute atomic E-state index is 0.327. The summed E-state index contributed by atoms with van der Waals surface area (Å²) in [5, 5.41) is 13.2. The molecule has 0 saturated heterocycles. The van der Waals surface area contributed by atoms with Crippen LogP contribution in [0.25, 0.3) is 0 Å². The van der Waals surface area contributed by atoms with Gasteiger partial charge in [0.25, 0.3) is 0 Å². The summed E-state index contributed by atoms with van der Waals surface area (Å²) in [4.78, 5) is 0. The molecule has 0 radical (unpaired) electrons. The average Bonchev–Trinajstić information content (AvgIpc) is 2.55. The van der Waals surface area contributed by atoms with E-state index in [1.165, 1.54) is 12.1 Å². The Morgan fingerprint density at radius 2 is 1.95 bits per heavy atom. The third-order valence-electron chi connectivity index (χ3n) is 3.53. The standard InChI is InChI=1S/C17H18FNO3/c18-14-5-1-3-12(9-14)15(20)11-19-10-13-4-2-6-16-17(13)22-8-7-21-16/h1-6,9,15,19-20H,7-8,10-11H2. The van der Waals surface area contributed by atoms with E-state index < -0.39 is 6.10 Å². The van der Waals surface area contributed by atoms with Crippen LogP contribution in [0.1, 0.15) is 17.2 Å². The summed E-state index contributed by atoms with van der Waals surface area (Å²) in [5.41, 5.74) is 1.53. The first-order valence-corrected chi connectivity index (χ1v) is 7.26. The molecule has 5 heteroatoms. The lowest BCUT2D eigenvalue weighted by molar-refractivity contribution is 0.166. The lowest BCUT2D eigenvalue weighted by atomic mass is 10.1. The number of hydrogen-bond donors (Lipinski definition) is 2. The predicted octanol–water partition coefficient (Wildman–Crippen LogP) is 2.42. The summed E-state index contributed by atoms with van der Waals surface area (Å²) >= 11 is 0. The maximum Gasteiger partial charge on any atom is 0.165 e. The van der Waals surface area contributed by atoms with Crippen molar-refractivity contribution in [3.05, 3.63) is 59.4 Å². The molecule has 1 aliphatic rings. The molecule has 0 saturated carbocycles. The van der Waals surface area contributed by atoms with Crippen LogP contribution in [0.2, 0.25) is 0 Å². The highest BCUT2D eigenvalue weighted by Crippen LogP contribution is 2.33. The zero-order valence-corrected chi connectivity index (χ0v) is 12.1. The van der Waals surface area contributed by atoms with Crippen LogP contribution in [0.15, 0.2) is 42.5 Å². The van der Waals surface area contributed by atoms with Crippen molar-refractivity contribution in [3.8, 4) is 11.5 Å². The fourth-order valence-electron chi connectivity index (χ4n) is 2.45. The lowest BCUT2D eigenvalue weighted by Crippen LogP contribution is -2.23. The van der Waals surface area contributed by atoms with E-state index in [2.05, 4.69) is 5.32 Å². The highest BCUT2D eigenvalue weighted by molar-refractivity contribution is 5.47. The second-order valence-electron chi connectivity index (χ2n) is 5.14. The summed E-state index contributed by atoms with van der Waals surface area (Å²) < 4.78 is 24.3. The Labute approximate surface area is 128 Å². The van der Waals surface area contributed by atoms with E-state index in [4.69, 9.17) is 9.47 Å². The summed E-state index contributed by atoms with van der Waals surface area (Å²) in [6.45, 7) is 1.96. The van der Waals surface area contributed by atoms with Gasteiger partial charge in [-0.05, 0) is 23.8 Å². The molecule has 0 aromatic heterocycles. The van der Waals surface area contributed by atoms with Crippen molar-refractivity contribution in [1.82, 2.24) is 5.32 Å². The van der Waals surface area contributed by atoms with Gasteiger partial charge in [-0.15, -0.1) is 0 Å². The number of benzene rings is 2. The Kier molecular flexibility index (Phi) is 4.56. The van der Waals surface area contributed by atoms with E-state index in [0.717, 1.165) is 17.1 Å². The maximum absolute atomic E-state index is 13.1. The molecule has 1 aliphatic heterocycles. The summed E-state index contributed by atoms with van der Waals surface area (Å²) in [6, 6.07) is 11.7. The van der Waals surface area contributed by atoms with E-state index in [1.807, 2.05) is 18.2 Å². The maximum atomic E-state index is 13.1. The minimum Gasteiger partial charge on any atom is -0.486 e. The van der Waals surface area contributed by atoms with Gasteiger partial charge in [-0.1, -0.05) is 24.3 Å². The molecule has 0 fully saturated rings. The van der Waals surface area contributed by atoms with Crippen molar-refractivity contribution in [1.29, 1.82) is 0 Å². The number of nitrogens with one attached hydrogen (secondary N) is 1. The fraction of sp³-hybridized carbons (Fsp3) is 0.294. The van der Waals surface area contributed by atoms with Crippen molar-refractivity contribution in [2.24, 2.45) is 0 Å². The molecule has 3 rings (SSSR count). The van der Waals surface area contributed by atoms with E-state index in [9.17, 15) is 9.50 Å². The molecule has 2 aromatic carbocycles. The molecule has 0 aliphatic carbocycles. The quantitative estimate of drug-likeness (QED) is 0.890. The molecule has 0 bridgehead atoms. The van der Waals surface area contributed by atoms with E-state index >= 15 is 0 Å².